The fraction of sp³-hybridized carbons (Fsp3) is 0.231. The van der Waals surface area contributed by atoms with Crippen LogP contribution in [-0.2, 0) is 27.2 Å². The van der Waals surface area contributed by atoms with Gasteiger partial charge in [0.25, 0.3) is 0 Å². The van der Waals surface area contributed by atoms with Gasteiger partial charge < -0.3 is 10.1 Å². The summed E-state index contributed by atoms with van der Waals surface area (Å²) in [4.78, 5) is 35.2. The van der Waals surface area contributed by atoms with Crippen molar-refractivity contribution in [2.75, 3.05) is 11.9 Å². The zero-order valence-corrected chi connectivity index (χ0v) is 22.7. The topological polar surface area (TPSA) is 127 Å². The van der Waals surface area contributed by atoms with Crippen molar-refractivity contribution >= 4 is 40.2 Å². The molecule has 0 atom stereocenters. The van der Waals surface area contributed by atoms with Crippen molar-refractivity contribution in [2.24, 2.45) is 14.1 Å². The van der Waals surface area contributed by atoms with Gasteiger partial charge >= 0.3 is 11.4 Å². The molecule has 40 heavy (non-hydrogen) atoms. The fourth-order valence-electron chi connectivity index (χ4n) is 4.32. The Balaban J connectivity index is 1.67. The van der Waals surface area contributed by atoms with Gasteiger partial charge in [-0.15, -0.1) is 0 Å². The molecule has 0 amide bonds. The molecule has 0 aliphatic carbocycles. The molecule has 0 spiro atoms. The molecule has 0 saturated carbocycles. The smallest absolute Gasteiger partial charge is 0.355 e. The Hall–Kier alpha value is -4.78. The largest absolute Gasteiger partial charge is 0.493 e. The number of fused-ring (bicyclic) bond motifs is 1. The van der Waals surface area contributed by atoms with Gasteiger partial charge in [-0.05, 0) is 31.2 Å². The molecule has 5 aromatic rings. The van der Waals surface area contributed by atoms with E-state index in [2.05, 4.69) is 32.1 Å². The van der Waals surface area contributed by atoms with Gasteiger partial charge in [-0.2, -0.15) is 15.2 Å². The summed E-state index contributed by atoms with van der Waals surface area (Å²) >= 11 is 6.51. The highest BCUT2D eigenvalue weighted by Crippen LogP contribution is 2.31. The zero-order valence-electron chi connectivity index (χ0n) is 21.9. The van der Waals surface area contributed by atoms with Crippen molar-refractivity contribution in [2.45, 2.75) is 20.0 Å². The molecule has 0 radical (unpaired) electrons. The Morgan fingerprint density at radius 1 is 1.10 bits per heavy atom. The van der Waals surface area contributed by atoms with Crippen molar-refractivity contribution in [3.63, 3.8) is 0 Å². The molecule has 0 bridgehead atoms. The fourth-order valence-corrected chi connectivity index (χ4v) is 4.52. The van der Waals surface area contributed by atoms with Crippen LogP contribution < -0.4 is 21.4 Å². The lowest BCUT2D eigenvalue weighted by Gasteiger charge is -2.18. The first-order chi connectivity index (χ1) is 19.2. The van der Waals surface area contributed by atoms with Gasteiger partial charge in [0.1, 0.15) is 17.9 Å². The predicted octanol–water partition coefficient (Wildman–Crippen LogP) is 3.09. The highest BCUT2D eigenvalue weighted by molar-refractivity contribution is 6.34. The Morgan fingerprint density at radius 3 is 2.60 bits per heavy atom. The minimum Gasteiger partial charge on any atom is -0.493 e. The van der Waals surface area contributed by atoms with E-state index in [0.29, 0.717) is 39.7 Å². The van der Waals surface area contributed by atoms with Crippen LogP contribution in [0.1, 0.15) is 23.9 Å². The normalized spacial score (nSPS) is 11.2. The van der Waals surface area contributed by atoms with Gasteiger partial charge in [0.2, 0.25) is 5.95 Å². The lowest BCUT2D eigenvalue weighted by molar-refractivity contribution is 0.334. The summed E-state index contributed by atoms with van der Waals surface area (Å²) in [7, 11) is 3.45. The van der Waals surface area contributed by atoms with E-state index < -0.39 is 17.2 Å². The van der Waals surface area contributed by atoms with E-state index in [1.165, 1.54) is 33.8 Å². The molecule has 14 heteroatoms. The first-order valence-electron chi connectivity index (χ1n) is 12.2. The maximum Gasteiger partial charge on any atom is 0.355 e. The molecule has 1 N–H and O–H groups in total. The standard InChI is InChI=1S/C26H25ClFN9O3/c1-5-15-7-18(28)8-17(23(15)40-6-2)12-36-24(30-21-9-16-11-34(3)32-20(16)10-19(21)27)31-25(38)37(26(36)39)13-22-29-14-35(4)33-22/h5,7-11,14H,1,6,12-13H2,2-4H3,(H,30,31,38). The van der Waals surface area contributed by atoms with Gasteiger partial charge in [-0.3, -0.25) is 13.9 Å². The third-order valence-electron chi connectivity index (χ3n) is 6.05. The molecule has 0 aliphatic heterocycles. The Bertz CT molecular complexity index is 1870. The Labute approximate surface area is 231 Å². The number of nitrogens with zero attached hydrogens (tertiary/aromatic N) is 8. The minimum absolute atomic E-state index is 0.0998. The number of hydrogen-bond acceptors (Lipinski definition) is 8. The number of nitrogens with one attached hydrogen (secondary N) is 1. The second-order valence-electron chi connectivity index (χ2n) is 8.95. The van der Waals surface area contributed by atoms with Crippen LogP contribution in [0, 0.1) is 5.82 Å². The van der Waals surface area contributed by atoms with Crippen LogP contribution in [0.5, 0.6) is 5.75 Å². The molecule has 5 rings (SSSR count). The summed E-state index contributed by atoms with van der Waals surface area (Å²) in [5, 5.41) is 12.6. The van der Waals surface area contributed by atoms with Gasteiger partial charge in [-0.1, -0.05) is 24.3 Å². The van der Waals surface area contributed by atoms with Crippen LogP contribution in [0.15, 0.2) is 53.0 Å². The number of ether oxygens (including phenoxy) is 1. The van der Waals surface area contributed by atoms with Gasteiger partial charge in [0, 0.05) is 36.8 Å². The highest BCUT2D eigenvalue weighted by Gasteiger charge is 2.20. The summed E-state index contributed by atoms with van der Waals surface area (Å²) in [5.41, 5.74) is 0.274. The SMILES string of the molecule is C=Cc1cc(F)cc(Cn2c(Nc3cc4cn(C)nc4cc3Cl)nc(=O)n(Cc3ncn(C)n3)c2=O)c1OCC. The summed E-state index contributed by atoms with van der Waals surface area (Å²) in [6.45, 7) is 5.42. The first kappa shape index (κ1) is 26.8. The summed E-state index contributed by atoms with van der Waals surface area (Å²) in [6.07, 6.45) is 4.72. The lowest BCUT2D eigenvalue weighted by atomic mass is 10.1. The molecular weight excluding hydrogens is 541 g/mol. The van der Waals surface area contributed by atoms with Gasteiger partial charge in [0.15, 0.2) is 5.82 Å². The molecule has 0 saturated heterocycles. The molecule has 3 aromatic heterocycles. The quantitative estimate of drug-likeness (QED) is 0.289. The average Bonchev–Trinajstić information content (AvgIpc) is 3.48. The van der Waals surface area contributed by atoms with Crippen LogP contribution >= 0.6 is 11.6 Å². The van der Waals surface area contributed by atoms with E-state index in [1.807, 2.05) is 0 Å². The molecule has 12 nitrogen and oxygen atoms in total. The second kappa shape index (κ2) is 10.8. The third kappa shape index (κ3) is 5.23. The van der Waals surface area contributed by atoms with Crippen LogP contribution in [-0.4, -0.2) is 45.3 Å². The van der Waals surface area contributed by atoms with Crippen molar-refractivity contribution in [3.05, 3.63) is 92.1 Å². The minimum atomic E-state index is -0.828. The lowest BCUT2D eigenvalue weighted by Crippen LogP contribution is -2.43. The van der Waals surface area contributed by atoms with Crippen LogP contribution in [0.3, 0.4) is 0 Å². The summed E-state index contributed by atoms with van der Waals surface area (Å²) < 4.78 is 25.6. The summed E-state index contributed by atoms with van der Waals surface area (Å²) in [5.74, 6) is -0.0385. The van der Waals surface area contributed by atoms with Gasteiger partial charge in [0.05, 0.1) is 35.9 Å². The maximum absolute atomic E-state index is 14.6. The van der Waals surface area contributed by atoms with Crippen molar-refractivity contribution in [3.8, 4) is 5.75 Å². The summed E-state index contributed by atoms with van der Waals surface area (Å²) in [6, 6.07) is 5.94. The number of hydrogen-bond donors (Lipinski definition) is 1. The number of aromatic nitrogens is 8. The second-order valence-corrected chi connectivity index (χ2v) is 9.35. The maximum atomic E-state index is 14.6. The molecule has 3 heterocycles. The van der Waals surface area contributed by atoms with Crippen molar-refractivity contribution < 1.29 is 9.13 Å². The van der Waals surface area contributed by atoms with Crippen molar-refractivity contribution in [1.82, 2.24) is 38.7 Å². The Kier molecular flexibility index (Phi) is 7.22. The number of rotatable bonds is 9. The predicted molar refractivity (Wildman–Crippen MR) is 149 cm³/mol. The monoisotopic (exact) mass is 565 g/mol. The van der Waals surface area contributed by atoms with Gasteiger partial charge in [-0.25, -0.2) is 23.5 Å². The number of benzene rings is 2. The molecule has 2 aromatic carbocycles. The third-order valence-corrected chi connectivity index (χ3v) is 6.36. The van der Waals surface area contributed by atoms with E-state index >= 15 is 0 Å². The van der Waals surface area contributed by atoms with E-state index in [4.69, 9.17) is 16.3 Å². The van der Waals surface area contributed by atoms with E-state index in [0.717, 1.165) is 9.95 Å². The van der Waals surface area contributed by atoms with E-state index in [9.17, 15) is 14.0 Å². The average molecular weight is 566 g/mol. The van der Waals surface area contributed by atoms with Crippen molar-refractivity contribution in [1.29, 1.82) is 0 Å². The first-order valence-corrected chi connectivity index (χ1v) is 12.6. The molecule has 206 valence electrons. The van der Waals surface area contributed by atoms with E-state index in [1.54, 1.807) is 44.0 Å². The van der Waals surface area contributed by atoms with Crippen LogP contribution in [0.2, 0.25) is 5.02 Å². The molecule has 0 aliphatic rings. The molecule has 0 fully saturated rings. The van der Waals surface area contributed by atoms with E-state index in [-0.39, 0.29) is 24.9 Å². The molecular formula is C26H25ClFN9O3. The number of aryl methyl sites for hydroxylation is 2. The molecule has 0 unspecified atom stereocenters. The Morgan fingerprint density at radius 2 is 1.90 bits per heavy atom. The van der Waals surface area contributed by atoms with Crippen LogP contribution in [0.25, 0.3) is 17.0 Å². The number of halogens is 2. The zero-order chi connectivity index (χ0) is 28.6. The highest BCUT2D eigenvalue weighted by atomic mass is 35.5. The number of anilines is 2. The van der Waals surface area contributed by atoms with Crippen LogP contribution in [0.4, 0.5) is 16.0 Å².